The predicted octanol–water partition coefficient (Wildman–Crippen LogP) is 1.42. The van der Waals surface area contributed by atoms with Gasteiger partial charge in [0.05, 0.1) is 0 Å². The van der Waals surface area contributed by atoms with Crippen LogP contribution >= 0.6 is 0 Å². The predicted molar refractivity (Wildman–Crippen MR) is 89.9 cm³/mol. The number of carbonyl (C=O) groups excluding carboxylic acids is 1. The summed E-state index contributed by atoms with van der Waals surface area (Å²) in [4.78, 5) is 27.5. The molecule has 2 rings (SSSR count). The number of hydrogen-bond donors (Lipinski definition) is 2. The van der Waals surface area contributed by atoms with Crippen LogP contribution in [-0.2, 0) is 4.79 Å². The highest BCUT2D eigenvalue weighted by molar-refractivity contribution is 5.96. The van der Waals surface area contributed by atoms with E-state index in [1.54, 1.807) is 12.1 Å². The number of benzene rings is 1. The van der Waals surface area contributed by atoms with Crippen molar-refractivity contribution in [2.45, 2.75) is 32.9 Å². The molecule has 1 aliphatic heterocycles. The zero-order valence-electron chi connectivity index (χ0n) is 14.0. The van der Waals surface area contributed by atoms with E-state index in [9.17, 15) is 9.59 Å². The zero-order chi connectivity index (χ0) is 17.0. The largest absolute Gasteiger partial charge is 0.480 e. The summed E-state index contributed by atoms with van der Waals surface area (Å²) in [6.45, 7) is 9.89. The molecule has 1 atom stereocenters. The van der Waals surface area contributed by atoms with Crippen LogP contribution in [-0.4, -0.2) is 60.1 Å². The Morgan fingerprint density at radius 2 is 1.61 bits per heavy atom. The Morgan fingerprint density at radius 1 is 1.04 bits per heavy atom. The van der Waals surface area contributed by atoms with Crippen molar-refractivity contribution in [3.8, 4) is 0 Å². The minimum Gasteiger partial charge on any atom is -0.480 e. The second-order valence-corrected chi connectivity index (χ2v) is 6.20. The number of carboxylic acid groups (broad SMARTS) is 1. The van der Waals surface area contributed by atoms with Crippen LogP contribution in [0.5, 0.6) is 0 Å². The van der Waals surface area contributed by atoms with Gasteiger partial charge in [-0.1, -0.05) is 0 Å². The Labute approximate surface area is 137 Å². The molecule has 0 saturated carbocycles. The number of carbonyl (C=O) groups is 2. The molecule has 6 heteroatoms. The number of amides is 1. The Kier molecular flexibility index (Phi) is 5.60. The van der Waals surface area contributed by atoms with Gasteiger partial charge in [-0.15, -0.1) is 0 Å². The van der Waals surface area contributed by atoms with Crippen LogP contribution in [0.3, 0.4) is 0 Å². The molecule has 2 N–H and O–H groups in total. The van der Waals surface area contributed by atoms with Gasteiger partial charge in [-0.25, -0.2) is 0 Å². The fourth-order valence-electron chi connectivity index (χ4n) is 2.66. The van der Waals surface area contributed by atoms with Crippen LogP contribution in [0.25, 0.3) is 0 Å². The summed E-state index contributed by atoms with van der Waals surface area (Å²) >= 11 is 0. The maximum absolute atomic E-state index is 12.0. The summed E-state index contributed by atoms with van der Waals surface area (Å²) in [6, 6.07) is 7.00. The van der Waals surface area contributed by atoms with Gasteiger partial charge < -0.3 is 15.3 Å². The summed E-state index contributed by atoms with van der Waals surface area (Å²) in [5.41, 5.74) is 1.57. The molecule has 6 nitrogen and oxygen atoms in total. The Morgan fingerprint density at radius 3 is 2.09 bits per heavy atom. The van der Waals surface area contributed by atoms with Crippen LogP contribution in [0.2, 0.25) is 0 Å². The summed E-state index contributed by atoms with van der Waals surface area (Å²) in [7, 11) is 0. The van der Waals surface area contributed by atoms with Crippen molar-refractivity contribution < 1.29 is 14.7 Å². The SMILES string of the molecule is CC(C)N1CCN(c2ccc(C(=O)N[C@@H](C)C(=O)O)cc2)CC1. The van der Waals surface area contributed by atoms with Gasteiger partial charge in [-0.3, -0.25) is 14.5 Å². The first-order valence-electron chi connectivity index (χ1n) is 8.01. The zero-order valence-corrected chi connectivity index (χ0v) is 14.0. The highest BCUT2D eigenvalue weighted by Gasteiger charge is 2.19. The Balaban J connectivity index is 1.95. The van der Waals surface area contributed by atoms with Crippen molar-refractivity contribution in [3.63, 3.8) is 0 Å². The Hall–Kier alpha value is -2.08. The highest BCUT2D eigenvalue weighted by Crippen LogP contribution is 2.18. The van der Waals surface area contributed by atoms with Gasteiger partial charge in [0, 0.05) is 43.5 Å². The van der Waals surface area contributed by atoms with E-state index in [4.69, 9.17) is 5.11 Å². The van der Waals surface area contributed by atoms with E-state index in [1.165, 1.54) is 6.92 Å². The normalized spacial score (nSPS) is 17.1. The van der Waals surface area contributed by atoms with E-state index in [0.29, 0.717) is 11.6 Å². The molecule has 23 heavy (non-hydrogen) atoms. The van der Waals surface area contributed by atoms with Gasteiger partial charge in [0.25, 0.3) is 5.91 Å². The van der Waals surface area contributed by atoms with Crippen molar-refractivity contribution >= 4 is 17.6 Å². The maximum atomic E-state index is 12.0. The van der Waals surface area contributed by atoms with Crippen molar-refractivity contribution in [1.29, 1.82) is 0 Å². The first-order valence-corrected chi connectivity index (χ1v) is 8.01. The summed E-state index contributed by atoms with van der Waals surface area (Å²) in [5.74, 6) is -1.41. The number of anilines is 1. The molecule has 0 bridgehead atoms. The number of rotatable bonds is 5. The van der Waals surface area contributed by atoms with Gasteiger partial charge >= 0.3 is 5.97 Å². The molecule has 1 aromatic rings. The molecule has 0 radical (unpaired) electrons. The van der Waals surface area contributed by atoms with Gasteiger partial charge in [-0.2, -0.15) is 0 Å². The van der Waals surface area contributed by atoms with Gasteiger partial charge in [-0.05, 0) is 45.0 Å². The monoisotopic (exact) mass is 319 g/mol. The van der Waals surface area contributed by atoms with Crippen LogP contribution in [0.4, 0.5) is 5.69 Å². The molecular formula is C17H25N3O3. The molecule has 0 aromatic heterocycles. The van der Waals surface area contributed by atoms with Crippen LogP contribution < -0.4 is 10.2 Å². The van der Waals surface area contributed by atoms with E-state index >= 15 is 0 Å². The smallest absolute Gasteiger partial charge is 0.325 e. The number of carboxylic acids is 1. The summed E-state index contributed by atoms with van der Waals surface area (Å²) < 4.78 is 0. The van der Waals surface area contributed by atoms with E-state index in [-0.39, 0.29) is 5.91 Å². The van der Waals surface area contributed by atoms with E-state index in [0.717, 1.165) is 31.9 Å². The van der Waals surface area contributed by atoms with Crippen molar-refractivity contribution in [2.75, 3.05) is 31.1 Å². The molecule has 1 saturated heterocycles. The van der Waals surface area contributed by atoms with Crippen molar-refractivity contribution in [2.24, 2.45) is 0 Å². The van der Waals surface area contributed by atoms with Crippen LogP contribution in [0.1, 0.15) is 31.1 Å². The molecule has 1 aromatic carbocycles. The lowest BCUT2D eigenvalue weighted by atomic mass is 10.1. The number of aliphatic carboxylic acids is 1. The second kappa shape index (κ2) is 7.46. The lowest BCUT2D eigenvalue weighted by Gasteiger charge is -2.38. The average Bonchev–Trinajstić information content (AvgIpc) is 2.55. The summed E-state index contributed by atoms with van der Waals surface area (Å²) in [6.07, 6.45) is 0. The highest BCUT2D eigenvalue weighted by atomic mass is 16.4. The summed E-state index contributed by atoms with van der Waals surface area (Å²) in [5, 5.41) is 11.3. The van der Waals surface area contributed by atoms with Crippen LogP contribution in [0, 0.1) is 0 Å². The molecular weight excluding hydrogens is 294 g/mol. The lowest BCUT2D eigenvalue weighted by molar-refractivity contribution is -0.138. The number of nitrogens with one attached hydrogen (secondary N) is 1. The standard InChI is InChI=1S/C17H25N3O3/c1-12(2)19-8-10-20(11-9-19)15-6-4-14(5-7-15)16(21)18-13(3)17(22)23/h4-7,12-13H,8-11H2,1-3H3,(H,18,21)(H,22,23)/t13-/m0/s1. The third kappa shape index (κ3) is 4.45. The third-order valence-corrected chi connectivity index (χ3v) is 4.26. The fraction of sp³-hybridized carbons (Fsp3) is 0.529. The molecule has 1 amide bonds. The number of nitrogens with zero attached hydrogens (tertiary/aromatic N) is 2. The molecule has 1 aliphatic rings. The quantitative estimate of drug-likeness (QED) is 0.859. The number of hydrogen-bond acceptors (Lipinski definition) is 4. The van der Waals surface area contributed by atoms with Crippen molar-refractivity contribution in [1.82, 2.24) is 10.2 Å². The van der Waals surface area contributed by atoms with E-state index in [2.05, 4.69) is 29.0 Å². The molecule has 0 aliphatic carbocycles. The lowest BCUT2D eigenvalue weighted by Crippen LogP contribution is -2.48. The van der Waals surface area contributed by atoms with Gasteiger partial charge in [0.1, 0.15) is 6.04 Å². The Bertz CT molecular complexity index is 549. The first-order chi connectivity index (χ1) is 10.9. The second-order valence-electron chi connectivity index (χ2n) is 6.20. The molecule has 126 valence electrons. The minimum absolute atomic E-state index is 0.365. The fourth-order valence-corrected chi connectivity index (χ4v) is 2.66. The number of piperazine rings is 1. The molecule has 1 fully saturated rings. The molecule has 0 spiro atoms. The minimum atomic E-state index is -1.04. The van der Waals surface area contributed by atoms with Gasteiger partial charge in [0.2, 0.25) is 0 Å². The molecule has 1 heterocycles. The average molecular weight is 319 g/mol. The van der Waals surface area contributed by atoms with E-state index in [1.807, 2.05) is 12.1 Å². The maximum Gasteiger partial charge on any atom is 0.325 e. The van der Waals surface area contributed by atoms with Crippen molar-refractivity contribution in [3.05, 3.63) is 29.8 Å². The van der Waals surface area contributed by atoms with E-state index < -0.39 is 12.0 Å². The van der Waals surface area contributed by atoms with Gasteiger partial charge in [0.15, 0.2) is 0 Å². The topological polar surface area (TPSA) is 72.9 Å². The van der Waals surface area contributed by atoms with Crippen LogP contribution in [0.15, 0.2) is 24.3 Å². The first kappa shape index (κ1) is 17.3. The third-order valence-electron chi connectivity index (χ3n) is 4.26. The molecule has 0 unspecified atom stereocenters.